The van der Waals surface area contributed by atoms with Gasteiger partial charge in [-0.25, -0.2) is 15.0 Å². The molecule has 2 aromatic rings. The van der Waals surface area contributed by atoms with Gasteiger partial charge in [0.15, 0.2) is 0 Å². The highest BCUT2D eigenvalue weighted by atomic mass is 19.1. The van der Waals surface area contributed by atoms with Crippen molar-refractivity contribution in [1.82, 2.24) is 19.9 Å². The minimum atomic E-state index is -0.417. The van der Waals surface area contributed by atoms with Gasteiger partial charge in [-0.3, -0.25) is 4.90 Å². The molecule has 2 aromatic heterocycles. The third-order valence-corrected chi connectivity index (χ3v) is 4.10. The van der Waals surface area contributed by atoms with Crippen LogP contribution in [0.3, 0.4) is 0 Å². The van der Waals surface area contributed by atoms with Gasteiger partial charge in [-0.2, -0.15) is 4.39 Å². The molecule has 22 heavy (non-hydrogen) atoms. The number of halogens is 1. The van der Waals surface area contributed by atoms with Crippen molar-refractivity contribution in [2.75, 3.05) is 6.54 Å². The van der Waals surface area contributed by atoms with Crippen LogP contribution in [-0.4, -0.2) is 26.4 Å². The van der Waals surface area contributed by atoms with Crippen molar-refractivity contribution >= 4 is 0 Å². The lowest BCUT2D eigenvalue weighted by Gasteiger charge is -2.28. The summed E-state index contributed by atoms with van der Waals surface area (Å²) < 4.78 is 13.1. The Kier molecular flexibility index (Phi) is 4.16. The summed E-state index contributed by atoms with van der Waals surface area (Å²) in [6.45, 7) is 8.66. The number of fused-ring (bicyclic) bond motifs is 1. The number of nitrogens with zero attached hydrogens (tertiary/aromatic N) is 4. The first-order chi connectivity index (χ1) is 10.5. The number of hydrogen-bond acceptors (Lipinski definition) is 4. The topological polar surface area (TPSA) is 41.9 Å². The fourth-order valence-electron chi connectivity index (χ4n) is 2.77. The Morgan fingerprint density at radius 3 is 2.82 bits per heavy atom. The fraction of sp³-hybridized carbons (Fsp3) is 0.471. The van der Waals surface area contributed by atoms with Gasteiger partial charge in [0.25, 0.3) is 0 Å². The van der Waals surface area contributed by atoms with E-state index >= 15 is 0 Å². The zero-order valence-corrected chi connectivity index (χ0v) is 13.3. The normalized spacial score (nSPS) is 15.1. The number of aromatic nitrogens is 3. The van der Waals surface area contributed by atoms with Gasteiger partial charge in [-0.1, -0.05) is 19.9 Å². The average Bonchev–Trinajstić information content (AvgIpc) is 2.49. The second-order valence-corrected chi connectivity index (χ2v) is 6.19. The molecule has 0 unspecified atom stereocenters. The van der Waals surface area contributed by atoms with Crippen molar-refractivity contribution in [1.29, 1.82) is 0 Å². The quantitative estimate of drug-likeness (QED) is 0.817. The molecule has 1 aliphatic heterocycles. The average molecular weight is 300 g/mol. The molecule has 0 bridgehead atoms. The maximum atomic E-state index is 13.1. The standard InChI is InChI=1S/C17H21FN4/c1-11(2)17-19-8-14-10-22(7-6-15(14)21-17)9-13-4-5-16(18)20-12(13)3/h4-5,8,11H,6-7,9-10H2,1-3H3. The van der Waals surface area contributed by atoms with Crippen molar-refractivity contribution in [2.24, 2.45) is 0 Å². The molecule has 3 heterocycles. The molecule has 0 radical (unpaired) electrons. The molecule has 0 aliphatic carbocycles. The van der Waals surface area contributed by atoms with E-state index in [1.54, 1.807) is 0 Å². The van der Waals surface area contributed by atoms with E-state index in [2.05, 4.69) is 33.7 Å². The molecule has 5 heteroatoms. The van der Waals surface area contributed by atoms with Gasteiger partial charge in [0, 0.05) is 55.1 Å². The highest BCUT2D eigenvalue weighted by Crippen LogP contribution is 2.21. The smallest absolute Gasteiger partial charge is 0.213 e. The molecule has 0 fully saturated rings. The van der Waals surface area contributed by atoms with Gasteiger partial charge in [-0.05, 0) is 18.6 Å². The Bertz CT molecular complexity index is 684. The van der Waals surface area contributed by atoms with Gasteiger partial charge >= 0.3 is 0 Å². The lowest BCUT2D eigenvalue weighted by atomic mass is 10.1. The van der Waals surface area contributed by atoms with Crippen LogP contribution < -0.4 is 0 Å². The van der Waals surface area contributed by atoms with E-state index in [9.17, 15) is 4.39 Å². The van der Waals surface area contributed by atoms with Gasteiger partial charge in [-0.15, -0.1) is 0 Å². The molecule has 4 nitrogen and oxygen atoms in total. The van der Waals surface area contributed by atoms with E-state index in [0.717, 1.165) is 43.1 Å². The van der Waals surface area contributed by atoms with Crippen LogP contribution in [0.25, 0.3) is 0 Å². The Labute approximate surface area is 130 Å². The number of hydrogen-bond donors (Lipinski definition) is 0. The summed E-state index contributed by atoms with van der Waals surface area (Å²) in [4.78, 5) is 15.4. The van der Waals surface area contributed by atoms with Crippen LogP contribution in [0.2, 0.25) is 0 Å². The Morgan fingerprint density at radius 1 is 1.27 bits per heavy atom. The molecular weight excluding hydrogens is 279 g/mol. The molecule has 0 spiro atoms. The highest BCUT2D eigenvalue weighted by Gasteiger charge is 2.19. The van der Waals surface area contributed by atoms with E-state index in [0.29, 0.717) is 5.92 Å². The van der Waals surface area contributed by atoms with Crippen molar-refractivity contribution in [3.63, 3.8) is 0 Å². The summed E-state index contributed by atoms with van der Waals surface area (Å²) in [5.41, 5.74) is 4.20. The number of rotatable bonds is 3. The SMILES string of the molecule is Cc1nc(F)ccc1CN1CCc2nc(C(C)C)ncc2C1. The molecule has 0 amide bonds. The van der Waals surface area contributed by atoms with E-state index in [1.165, 1.54) is 17.3 Å². The molecule has 0 saturated heterocycles. The Balaban J connectivity index is 1.74. The van der Waals surface area contributed by atoms with Crippen LogP contribution in [0.4, 0.5) is 4.39 Å². The summed E-state index contributed by atoms with van der Waals surface area (Å²) in [6, 6.07) is 3.25. The van der Waals surface area contributed by atoms with E-state index in [-0.39, 0.29) is 0 Å². The second-order valence-electron chi connectivity index (χ2n) is 6.19. The lowest BCUT2D eigenvalue weighted by Crippen LogP contribution is -2.31. The second kappa shape index (κ2) is 6.08. The summed E-state index contributed by atoms with van der Waals surface area (Å²) in [5, 5.41) is 0. The van der Waals surface area contributed by atoms with Crippen LogP contribution in [0.1, 0.15) is 48.1 Å². The van der Waals surface area contributed by atoms with Gasteiger partial charge in [0.1, 0.15) is 5.82 Å². The van der Waals surface area contributed by atoms with Crippen LogP contribution in [0.5, 0.6) is 0 Å². The molecule has 3 rings (SSSR count). The van der Waals surface area contributed by atoms with Crippen molar-refractivity contribution < 1.29 is 4.39 Å². The monoisotopic (exact) mass is 300 g/mol. The maximum Gasteiger partial charge on any atom is 0.213 e. The van der Waals surface area contributed by atoms with Crippen LogP contribution in [0, 0.1) is 12.9 Å². The number of aryl methyl sites for hydroxylation is 1. The van der Waals surface area contributed by atoms with Gasteiger partial charge in [0.2, 0.25) is 5.95 Å². The van der Waals surface area contributed by atoms with Crippen LogP contribution in [0.15, 0.2) is 18.3 Å². The minimum absolute atomic E-state index is 0.358. The Hall–Kier alpha value is -1.88. The summed E-state index contributed by atoms with van der Waals surface area (Å²) in [6.07, 6.45) is 2.89. The van der Waals surface area contributed by atoms with E-state index in [4.69, 9.17) is 0 Å². The molecule has 1 aliphatic rings. The fourth-order valence-corrected chi connectivity index (χ4v) is 2.77. The minimum Gasteiger partial charge on any atom is -0.294 e. The lowest BCUT2D eigenvalue weighted by molar-refractivity contribution is 0.241. The predicted octanol–water partition coefficient (Wildman–Crippen LogP) is 3.00. The molecule has 0 aromatic carbocycles. The van der Waals surface area contributed by atoms with Crippen molar-refractivity contribution in [3.05, 3.63) is 52.6 Å². The Morgan fingerprint density at radius 2 is 2.09 bits per heavy atom. The summed E-state index contributed by atoms with van der Waals surface area (Å²) in [7, 11) is 0. The van der Waals surface area contributed by atoms with Crippen LogP contribution >= 0.6 is 0 Å². The third kappa shape index (κ3) is 3.14. The maximum absolute atomic E-state index is 13.1. The molecule has 0 atom stereocenters. The largest absolute Gasteiger partial charge is 0.294 e. The first-order valence-corrected chi connectivity index (χ1v) is 7.72. The zero-order valence-electron chi connectivity index (χ0n) is 13.3. The first-order valence-electron chi connectivity index (χ1n) is 7.72. The zero-order chi connectivity index (χ0) is 15.7. The highest BCUT2D eigenvalue weighted by molar-refractivity contribution is 5.23. The first kappa shape index (κ1) is 15.0. The molecule has 0 N–H and O–H groups in total. The van der Waals surface area contributed by atoms with Gasteiger partial charge in [0.05, 0.1) is 0 Å². The molecule has 116 valence electrons. The van der Waals surface area contributed by atoms with Crippen LogP contribution in [-0.2, 0) is 19.5 Å². The van der Waals surface area contributed by atoms with Gasteiger partial charge < -0.3 is 0 Å². The number of pyridine rings is 1. The molecular formula is C17H21FN4. The third-order valence-electron chi connectivity index (χ3n) is 4.10. The van der Waals surface area contributed by atoms with Crippen molar-refractivity contribution in [3.8, 4) is 0 Å². The predicted molar refractivity (Wildman–Crippen MR) is 82.9 cm³/mol. The van der Waals surface area contributed by atoms with Crippen molar-refractivity contribution in [2.45, 2.75) is 46.2 Å². The van der Waals surface area contributed by atoms with E-state index < -0.39 is 5.95 Å². The van der Waals surface area contributed by atoms with E-state index in [1.807, 2.05) is 19.2 Å². The molecule has 0 saturated carbocycles. The summed E-state index contributed by atoms with van der Waals surface area (Å²) >= 11 is 0. The summed E-state index contributed by atoms with van der Waals surface area (Å²) in [5.74, 6) is 0.863.